The molecule has 0 saturated carbocycles. The van der Waals surface area contributed by atoms with Gasteiger partial charge in [0, 0.05) is 5.56 Å². The van der Waals surface area contributed by atoms with Crippen LogP contribution < -0.4 is 11.1 Å². The van der Waals surface area contributed by atoms with Crippen LogP contribution in [0.1, 0.15) is 11.1 Å². The van der Waals surface area contributed by atoms with Gasteiger partial charge in [-0.1, -0.05) is 29.9 Å². The summed E-state index contributed by atoms with van der Waals surface area (Å²) in [6, 6.07) is 8.72. The Morgan fingerprint density at radius 2 is 1.95 bits per heavy atom. The molecular weight excluding hydrogens is 363 g/mol. The summed E-state index contributed by atoms with van der Waals surface area (Å²) < 4.78 is 14.5. The molecule has 0 aliphatic heterocycles. The van der Waals surface area contributed by atoms with Crippen LogP contribution in [-0.2, 0) is 0 Å². The number of thiocarbonyl (C=S) groups is 1. The summed E-state index contributed by atoms with van der Waals surface area (Å²) in [4.78, 5) is 0.135. The van der Waals surface area contributed by atoms with Crippen LogP contribution in [0.2, 0.25) is 5.02 Å². The van der Waals surface area contributed by atoms with Crippen molar-refractivity contribution in [3.8, 4) is 0 Å². The SMILES string of the molecule is Cc1ccc(Nc2ccc(C(N)=S)c(Br)c2F)c(Cl)c1. The summed E-state index contributed by atoms with van der Waals surface area (Å²) in [5.41, 5.74) is 7.93. The molecule has 20 heavy (non-hydrogen) atoms. The number of nitrogens with one attached hydrogen (secondary N) is 1. The Hall–Kier alpha value is -1.17. The minimum Gasteiger partial charge on any atom is -0.389 e. The zero-order valence-electron chi connectivity index (χ0n) is 10.5. The number of hydrogen-bond acceptors (Lipinski definition) is 2. The highest BCUT2D eigenvalue weighted by Crippen LogP contribution is 2.31. The van der Waals surface area contributed by atoms with E-state index >= 15 is 0 Å². The van der Waals surface area contributed by atoms with Gasteiger partial charge >= 0.3 is 0 Å². The second-order valence-electron chi connectivity index (χ2n) is 4.26. The van der Waals surface area contributed by atoms with E-state index in [1.54, 1.807) is 24.3 Å². The van der Waals surface area contributed by atoms with Crippen LogP contribution in [0.5, 0.6) is 0 Å². The summed E-state index contributed by atoms with van der Waals surface area (Å²) in [7, 11) is 0. The van der Waals surface area contributed by atoms with Gasteiger partial charge in [0.1, 0.15) is 4.99 Å². The number of anilines is 2. The van der Waals surface area contributed by atoms with Crippen molar-refractivity contribution in [2.45, 2.75) is 6.92 Å². The van der Waals surface area contributed by atoms with E-state index in [0.29, 0.717) is 22.0 Å². The second-order valence-corrected chi connectivity index (χ2v) is 5.90. The molecule has 0 bridgehead atoms. The molecule has 0 fully saturated rings. The van der Waals surface area contributed by atoms with Crippen molar-refractivity contribution in [2.24, 2.45) is 5.73 Å². The van der Waals surface area contributed by atoms with E-state index in [4.69, 9.17) is 29.6 Å². The van der Waals surface area contributed by atoms with Crippen LogP contribution in [0.3, 0.4) is 0 Å². The molecule has 0 spiro atoms. The lowest BCUT2D eigenvalue weighted by Gasteiger charge is -2.12. The van der Waals surface area contributed by atoms with Gasteiger partial charge in [0.05, 0.1) is 20.9 Å². The summed E-state index contributed by atoms with van der Waals surface area (Å²) in [5.74, 6) is -0.466. The number of benzene rings is 2. The van der Waals surface area contributed by atoms with Gasteiger partial charge in [-0.3, -0.25) is 0 Å². The Morgan fingerprint density at radius 1 is 1.30 bits per heavy atom. The van der Waals surface area contributed by atoms with E-state index in [-0.39, 0.29) is 9.46 Å². The molecule has 0 unspecified atom stereocenters. The van der Waals surface area contributed by atoms with E-state index in [0.717, 1.165) is 5.56 Å². The average molecular weight is 374 g/mol. The van der Waals surface area contributed by atoms with E-state index in [9.17, 15) is 4.39 Å². The predicted molar refractivity (Wildman–Crippen MR) is 89.5 cm³/mol. The van der Waals surface area contributed by atoms with Gasteiger partial charge in [0.25, 0.3) is 0 Å². The topological polar surface area (TPSA) is 38.0 Å². The van der Waals surface area contributed by atoms with E-state index in [1.165, 1.54) is 0 Å². The van der Waals surface area contributed by atoms with E-state index < -0.39 is 5.82 Å². The number of hydrogen-bond donors (Lipinski definition) is 2. The predicted octanol–water partition coefficient (Wildman–Crippen LogP) is 4.93. The molecule has 0 aromatic heterocycles. The second kappa shape index (κ2) is 6.08. The van der Waals surface area contributed by atoms with Crippen LogP contribution in [0.15, 0.2) is 34.8 Å². The Morgan fingerprint density at radius 3 is 2.55 bits per heavy atom. The molecule has 0 radical (unpaired) electrons. The number of rotatable bonds is 3. The number of halogens is 3. The fraction of sp³-hybridized carbons (Fsp3) is 0.0714. The zero-order valence-corrected chi connectivity index (χ0v) is 13.7. The van der Waals surface area contributed by atoms with Crippen LogP contribution in [0.25, 0.3) is 0 Å². The van der Waals surface area contributed by atoms with Gasteiger partial charge in [0.2, 0.25) is 0 Å². The van der Waals surface area contributed by atoms with E-state index in [2.05, 4.69) is 21.2 Å². The maximum absolute atomic E-state index is 14.3. The van der Waals surface area contributed by atoms with Gasteiger partial charge in [-0.2, -0.15) is 0 Å². The highest BCUT2D eigenvalue weighted by molar-refractivity contribution is 9.10. The molecule has 2 aromatic rings. The fourth-order valence-corrected chi connectivity index (χ4v) is 2.85. The molecule has 0 amide bonds. The van der Waals surface area contributed by atoms with Crippen molar-refractivity contribution in [1.29, 1.82) is 0 Å². The summed E-state index contributed by atoms with van der Waals surface area (Å²) in [6.45, 7) is 1.93. The maximum atomic E-state index is 14.3. The quantitative estimate of drug-likeness (QED) is 0.749. The molecule has 6 heteroatoms. The smallest absolute Gasteiger partial charge is 0.161 e. The standard InChI is InChI=1S/C14H11BrClFN2S/c1-7-2-4-10(9(16)6-7)19-11-5-3-8(14(18)20)12(15)13(11)17/h2-6,19H,1H3,(H2,18,20). The molecule has 0 atom stereocenters. The highest BCUT2D eigenvalue weighted by Gasteiger charge is 2.13. The lowest BCUT2D eigenvalue weighted by atomic mass is 10.1. The Bertz CT molecular complexity index is 691. The minimum absolute atomic E-state index is 0.135. The largest absolute Gasteiger partial charge is 0.389 e. The van der Waals surface area contributed by atoms with Crippen LogP contribution in [-0.4, -0.2) is 4.99 Å². The van der Waals surface area contributed by atoms with Crippen molar-refractivity contribution in [1.82, 2.24) is 0 Å². The van der Waals surface area contributed by atoms with Gasteiger partial charge < -0.3 is 11.1 Å². The zero-order chi connectivity index (χ0) is 14.9. The van der Waals surface area contributed by atoms with Gasteiger partial charge in [-0.25, -0.2) is 4.39 Å². The van der Waals surface area contributed by atoms with Crippen LogP contribution in [0.4, 0.5) is 15.8 Å². The van der Waals surface area contributed by atoms with Gasteiger partial charge in [-0.05, 0) is 52.7 Å². The first-order valence-electron chi connectivity index (χ1n) is 5.71. The normalized spacial score (nSPS) is 10.4. The summed E-state index contributed by atoms with van der Waals surface area (Å²) in [6.07, 6.45) is 0. The third kappa shape index (κ3) is 3.11. The molecule has 0 saturated heterocycles. The van der Waals surface area contributed by atoms with E-state index in [1.807, 2.05) is 13.0 Å². The van der Waals surface area contributed by atoms with Crippen molar-refractivity contribution < 1.29 is 4.39 Å². The van der Waals surface area contributed by atoms with Crippen molar-refractivity contribution in [3.05, 3.63) is 56.8 Å². The third-order valence-electron chi connectivity index (χ3n) is 2.74. The molecule has 3 N–H and O–H groups in total. The molecule has 0 heterocycles. The number of nitrogens with two attached hydrogens (primary N) is 1. The molecule has 104 valence electrons. The fourth-order valence-electron chi connectivity index (χ4n) is 1.70. The van der Waals surface area contributed by atoms with Gasteiger partial charge in [-0.15, -0.1) is 0 Å². The average Bonchev–Trinajstić information content (AvgIpc) is 2.37. The maximum Gasteiger partial charge on any atom is 0.161 e. The molecule has 0 aliphatic carbocycles. The Labute approximate surface area is 135 Å². The van der Waals surface area contributed by atoms with Crippen LogP contribution >= 0.6 is 39.7 Å². The van der Waals surface area contributed by atoms with Crippen molar-refractivity contribution in [3.63, 3.8) is 0 Å². The molecule has 2 rings (SSSR count). The molecule has 2 aromatic carbocycles. The monoisotopic (exact) mass is 372 g/mol. The Kier molecular flexibility index (Phi) is 4.62. The Balaban J connectivity index is 2.39. The summed E-state index contributed by atoms with van der Waals surface area (Å²) >= 11 is 14.1. The molecule has 0 aliphatic rings. The lowest BCUT2D eigenvalue weighted by Crippen LogP contribution is -2.11. The highest BCUT2D eigenvalue weighted by atomic mass is 79.9. The van der Waals surface area contributed by atoms with Gasteiger partial charge in [0.15, 0.2) is 5.82 Å². The van der Waals surface area contributed by atoms with Crippen molar-refractivity contribution >= 4 is 56.1 Å². The van der Waals surface area contributed by atoms with Crippen LogP contribution in [0, 0.1) is 12.7 Å². The molecular formula is C14H11BrClFN2S. The number of aryl methyl sites for hydroxylation is 1. The summed E-state index contributed by atoms with van der Waals surface area (Å²) in [5, 5.41) is 3.48. The first-order chi connectivity index (χ1) is 9.40. The lowest BCUT2D eigenvalue weighted by molar-refractivity contribution is 0.625. The first kappa shape index (κ1) is 15.2. The van der Waals surface area contributed by atoms with Crippen molar-refractivity contribution in [2.75, 3.05) is 5.32 Å². The molecule has 2 nitrogen and oxygen atoms in total. The third-order valence-corrected chi connectivity index (χ3v) is 4.05. The minimum atomic E-state index is -0.466. The first-order valence-corrected chi connectivity index (χ1v) is 7.29.